The Kier molecular flexibility index (Phi) is 4.31. The van der Waals surface area contributed by atoms with Crippen molar-refractivity contribution in [2.24, 2.45) is 0 Å². The molecule has 17 heavy (non-hydrogen) atoms. The summed E-state index contributed by atoms with van der Waals surface area (Å²) in [5.41, 5.74) is 0.992. The highest BCUT2D eigenvalue weighted by atomic mass is 32.1. The monoisotopic (exact) mass is 248 g/mol. The van der Waals surface area contributed by atoms with Crippen molar-refractivity contribution in [2.45, 2.75) is 19.6 Å². The van der Waals surface area contributed by atoms with E-state index in [0.717, 1.165) is 12.1 Å². The van der Waals surface area contributed by atoms with Gasteiger partial charge in [-0.15, -0.1) is 11.3 Å². The molecular formula is C14H18NOS+. The summed E-state index contributed by atoms with van der Waals surface area (Å²) in [5, 5.41) is 12.1. The molecule has 0 spiro atoms. The Labute approximate surface area is 106 Å². The largest absolute Gasteiger partial charge is 0.382 e. The topological polar surface area (TPSA) is 36.8 Å². The van der Waals surface area contributed by atoms with E-state index in [9.17, 15) is 5.11 Å². The Morgan fingerprint density at radius 3 is 2.59 bits per heavy atom. The molecule has 3 heteroatoms. The van der Waals surface area contributed by atoms with Gasteiger partial charge >= 0.3 is 0 Å². The minimum Gasteiger partial charge on any atom is -0.382 e. The molecule has 0 fully saturated rings. The van der Waals surface area contributed by atoms with Crippen LogP contribution in [0.3, 0.4) is 0 Å². The zero-order valence-corrected chi connectivity index (χ0v) is 10.8. The summed E-state index contributed by atoms with van der Waals surface area (Å²) in [6.45, 7) is 3.77. The summed E-state index contributed by atoms with van der Waals surface area (Å²) in [5.74, 6) is 0. The molecule has 0 radical (unpaired) electrons. The minimum absolute atomic E-state index is 0.378. The number of hydrogen-bond acceptors (Lipinski definition) is 2. The summed E-state index contributed by atoms with van der Waals surface area (Å²) < 4.78 is 0. The molecule has 1 aromatic heterocycles. The molecule has 0 aliphatic heterocycles. The Balaban J connectivity index is 1.79. The first-order valence-electron chi connectivity index (χ1n) is 5.85. The number of rotatable bonds is 5. The second kappa shape index (κ2) is 5.96. The van der Waals surface area contributed by atoms with Crippen LogP contribution in [0.2, 0.25) is 0 Å². The second-order valence-electron chi connectivity index (χ2n) is 4.17. The molecule has 0 amide bonds. The third-order valence-corrected chi connectivity index (χ3v) is 3.74. The maximum Gasteiger partial charge on any atom is 0.128 e. The van der Waals surface area contributed by atoms with E-state index < -0.39 is 0 Å². The van der Waals surface area contributed by atoms with Crippen LogP contribution >= 0.6 is 11.3 Å². The van der Waals surface area contributed by atoms with E-state index in [4.69, 9.17) is 0 Å². The van der Waals surface area contributed by atoms with E-state index in [1.54, 1.807) is 0 Å². The van der Waals surface area contributed by atoms with Crippen molar-refractivity contribution in [3.63, 3.8) is 0 Å². The summed E-state index contributed by atoms with van der Waals surface area (Å²) in [6.07, 6.45) is -0.378. The van der Waals surface area contributed by atoms with E-state index in [2.05, 4.69) is 24.4 Å². The highest BCUT2D eigenvalue weighted by Crippen LogP contribution is 2.13. The van der Waals surface area contributed by atoms with Crippen molar-refractivity contribution in [3.8, 4) is 0 Å². The van der Waals surface area contributed by atoms with Crippen LogP contribution in [0.4, 0.5) is 0 Å². The number of nitrogens with two attached hydrogens (primary N) is 1. The standard InChI is InChI=1S/C14H17NOS/c1-11-7-8-13(17-11)9-15-10-14(16)12-5-3-2-4-6-12/h2-8,14-16H,9-10H2,1H3/p+1/t14-/m1/s1. The summed E-state index contributed by atoms with van der Waals surface area (Å²) in [6, 6.07) is 14.1. The van der Waals surface area contributed by atoms with Crippen LogP contribution in [0.25, 0.3) is 0 Å². The first-order chi connectivity index (χ1) is 8.25. The lowest BCUT2D eigenvalue weighted by Crippen LogP contribution is -2.83. The fraction of sp³-hybridized carbons (Fsp3) is 0.286. The van der Waals surface area contributed by atoms with Crippen molar-refractivity contribution >= 4 is 11.3 Å². The minimum atomic E-state index is -0.378. The van der Waals surface area contributed by atoms with Gasteiger partial charge in [0.15, 0.2) is 0 Å². The van der Waals surface area contributed by atoms with E-state index in [1.807, 2.05) is 41.7 Å². The van der Waals surface area contributed by atoms with E-state index >= 15 is 0 Å². The van der Waals surface area contributed by atoms with Crippen molar-refractivity contribution in [3.05, 3.63) is 57.8 Å². The van der Waals surface area contributed by atoms with Gasteiger partial charge in [0.25, 0.3) is 0 Å². The van der Waals surface area contributed by atoms with Crippen LogP contribution < -0.4 is 5.32 Å². The molecule has 2 aromatic rings. The SMILES string of the molecule is Cc1ccc(C[NH2+]C[C@@H](O)c2ccccc2)s1. The number of aliphatic hydroxyl groups excluding tert-OH is 1. The Morgan fingerprint density at radius 1 is 1.18 bits per heavy atom. The third-order valence-electron chi connectivity index (χ3n) is 2.72. The lowest BCUT2D eigenvalue weighted by Gasteiger charge is -2.08. The van der Waals surface area contributed by atoms with Gasteiger partial charge < -0.3 is 10.4 Å². The van der Waals surface area contributed by atoms with Crippen LogP contribution in [-0.2, 0) is 6.54 Å². The molecule has 0 aliphatic rings. The quantitative estimate of drug-likeness (QED) is 0.832. The molecule has 0 bridgehead atoms. The van der Waals surface area contributed by atoms with Gasteiger partial charge in [-0.1, -0.05) is 30.3 Å². The van der Waals surface area contributed by atoms with Crippen LogP contribution in [0.5, 0.6) is 0 Å². The summed E-state index contributed by atoms with van der Waals surface area (Å²) in [4.78, 5) is 2.71. The number of aryl methyl sites for hydroxylation is 1. The smallest absolute Gasteiger partial charge is 0.128 e. The average molecular weight is 248 g/mol. The van der Waals surface area contributed by atoms with Crippen molar-refractivity contribution in [2.75, 3.05) is 6.54 Å². The Morgan fingerprint density at radius 2 is 1.94 bits per heavy atom. The zero-order valence-electron chi connectivity index (χ0n) is 9.97. The van der Waals surface area contributed by atoms with E-state index in [0.29, 0.717) is 6.54 Å². The predicted octanol–water partition coefficient (Wildman–Crippen LogP) is 1.85. The van der Waals surface area contributed by atoms with Crippen LogP contribution in [0, 0.1) is 6.92 Å². The fourth-order valence-corrected chi connectivity index (χ4v) is 2.68. The van der Waals surface area contributed by atoms with Crippen molar-refractivity contribution in [1.82, 2.24) is 0 Å². The van der Waals surface area contributed by atoms with Gasteiger partial charge in [0.2, 0.25) is 0 Å². The molecule has 1 atom stereocenters. The number of aliphatic hydroxyl groups is 1. The normalized spacial score (nSPS) is 12.6. The molecule has 3 N–H and O–H groups in total. The van der Waals surface area contributed by atoms with Gasteiger partial charge in [0.1, 0.15) is 19.2 Å². The summed E-state index contributed by atoms with van der Waals surface area (Å²) >= 11 is 1.82. The molecule has 0 unspecified atom stereocenters. The Bertz CT molecular complexity index is 452. The molecule has 2 nitrogen and oxygen atoms in total. The molecule has 1 aromatic carbocycles. The van der Waals surface area contributed by atoms with Gasteiger partial charge in [-0.3, -0.25) is 0 Å². The lowest BCUT2D eigenvalue weighted by atomic mass is 10.1. The van der Waals surface area contributed by atoms with E-state index in [1.165, 1.54) is 9.75 Å². The zero-order chi connectivity index (χ0) is 12.1. The van der Waals surface area contributed by atoms with Crippen LogP contribution in [-0.4, -0.2) is 11.7 Å². The average Bonchev–Trinajstić information content (AvgIpc) is 2.76. The molecule has 0 aliphatic carbocycles. The lowest BCUT2D eigenvalue weighted by molar-refractivity contribution is -0.677. The predicted molar refractivity (Wildman–Crippen MR) is 71.0 cm³/mol. The maximum atomic E-state index is 9.98. The van der Waals surface area contributed by atoms with Gasteiger partial charge in [0, 0.05) is 4.88 Å². The number of benzene rings is 1. The maximum absolute atomic E-state index is 9.98. The number of hydrogen-bond donors (Lipinski definition) is 2. The molecule has 90 valence electrons. The first kappa shape index (κ1) is 12.3. The van der Waals surface area contributed by atoms with Gasteiger partial charge in [-0.25, -0.2) is 0 Å². The molecule has 1 heterocycles. The second-order valence-corrected chi connectivity index (χ2v) is 5.54. The highest BCUT2D eigenvalue weighted by Gasteiger charge is 2.08. The fourth-order valence-electron chi connectivity index (χ4n) is 1.79. The first-order valence-corrected chi connectivity index (χ1v) is 6.67. The molecule has 0 saturated heterocycles. The van der Waals surface area contributed by atoms with Crippen LogP contribution in [0.1, 0.15) is 21.4 Å². The number of quaternary nitrogens is 1. The highest BCUT2D eigenvalue weighted by molar-refractivity contribution is 7.11. The third kappa shape index (κ3) is 3.66. The summed E-state index contributed by atoms with van der Waals surface area (Å²) in [7, 11) is 0. The number of thiophene rings is 1. The van der Waals surface area contributed by atoms with Gasteiger partial charge in [0.05, 0.1) is 4.88 Å². The van der Waals surface area contributed by atoms with Crippen LogP contribution in [0.15, 0.2) is 42.5 Å². The van der Waals surface area contributed by atoms with Gasteiger partial charge in [-0.05, 0) is 24.6 Å². The molecule has 0 saturated carbocycles. The Hall–Kier alpha value is -1.16. The van der Waals surface area contributed by atoms with Gasteiger partial charge in [-0.2, -0.15) is 0 Å². The van der Waals surface area contributed by atoms with Crippen molar-refractivity contribution in [1.29, 1.82) is 0 Å². The van der Waals surface area contributed by atoms with E-state index in [-0.39, 0.29) is 6.10 Å². The molecule has 2 rings (SSSR count). The van der Waals surface area contributed by atoms with Crippen molar-refractivity contribution < 1.29 is 10.4 Å². The molecular weight excluding hydrogens is 230 g/mol.